The Bertz CT molecular complexity index is 894. The zero-order valence-electron chi connectivity index (χ0n) is 15.6. The molecule has 0 unspecified atom stereocenters. The summed E-state index contributed by atoms with van der Waals surface area (Å²) in [6, 6.07) is 12.2. The smallest absolute Gasteiger partial charge is 0.270 e. The van der Waals surface area contributed by atoms with E-state index in [1.807, 2.05) is 17.0 Å². The van der Waals surface area contributed by atoms with Crippen LogP contribution in [0.3, 0.4) is 0 Å². The number of amides is 2. The van der Waals surface area contributed by atoms with Gasteiger partial charge in [-0.05, 0) is 30.3 Å². The number of hydrogen-bond acceptors (Lipinski definition) is 7. The molecule has 2 aromatic rings. The van der Waals surface area contributed by atoms with Gasteiger partial charge in [0.15, 0.2) is 0 Å². The lowest BCUT2D eigenvalue weighted by molar-refractivity contribution is -0.384. The van der Waals surface area contributed by atoms with Crippen LogP contribution in [0.15, 0.2) is 48.5 Å². The number of non-ortho nitro benzene ring substituents is 1. The first-order chi connectivity index (χ1) is 13.9. The zero-order chi connectivity index (χ0) is 20.8. The van der Waals surface area contributed by atoms with Crippen LogP contribution in [0.5, 0.6) is 5.75 Å². The molecule has 29 heavy (non-hydrogen) atoms. The van der Waals surface area contributed by atoms with Crippen molar-refractivity contribution in [2.45, 2.75) is 0 Å². The highest BCUT2D eigenvalue weighted by molar-refractivity contribution is 5.96. The minimum atomic E-state index is -0.626. The highest BCUT2D eigenvalue weighted by atomic mass is 16.6. The summed E-state index contributed by atoms with van der Waals surface area (Å²) < 4.78 is 0. The Morgan fingerprint density at radius 2 is 1.72 bits per heavy atom. The van der Waals surface area contributed by atoms with Gasteiger partial charge < -0.3 is 10.0 Å². The zero-order valence-corrected chi connectivity index (χ0v) is 15.6. The number of aromatic hydroxyl groups is 1. The average Bonchev–Trinajstić information content (AvgIpc) is 2.73. The van der Waals surface area contributed by atoms with Gasteiger partial charge >= 0.3 is 0 Å². The molecule has 1 aliphatic heterocycles. The summed E-state index contributed by atoms with van der Waals surface area (Å²) in [5.41, 5.74) is 5.50. The van der Waals surface area contributed by atoms with E-state index < -0.39 is 10.8 Å². The third kappa shape index (κ3) is 5.42. The number of carbonyl (C=O) groups is 2. The van der Waals surface area contributed by atoms with Crippen LogP contribution in [0, 0.1) is 10.1 Å². The number of nitro benzene ring substituents is 1. The maximum atomic E-state index is 12.1. The molecule has 10 heteroatoms. The number of phenolic OH excluding ortho intramolecular Hbond substituents is 1. The molecule has 152 valence electrons. The molecule has 0 aromatic heterocycles. The minimum Gasteiger partial charge on any atom is -0.508 e. The number of piperazine rings is 1. The van der Waals surface area contributed by atoms with Gasteiger partial charge in [0.25, 0.3) is 17.5 Å². The highest BCUT2D eigenvalue weighted by Gasteiger charge is 2.20. The Kier molecular flexibility index (Phi) is 6.25. The number of nitrogens with zero attached hydrogens (tertiary/aromatic N) is 3. The van der Waals surface area contributed by atoms with Crippen molar-refractivity contribution in [3.8, 4) is 5.75 Å². The first-order valence-electron chi connectivity index (χ1n) is 9.02. The topological polar surface area (TPSA) is 128 Å². The minimum absolute atomic E-state index is 0.0852. The number of hydrazine groups is 1. The van der Waals surface area contributed by atoms with Gasteiger partial charge in [-0.1, -0.05) is 6.07 Å². The normalized spacial score (nSPS) is 14.3. The monoisotopic (exact) mass is 399 g/mol. The van der Waals surface area contributed by atoms with Crippen molar-refractivity contribution >= 4 is 23.2 Å². The molecule has 0 radical (unpaired) electrons. The van der Waals surface area contributed by atoms with Gasteiger partial charge in [-0.25, -0.2) is 0 Å². The van der Waals surface area contributed by atoms with E-state index in [9.17, 15) is 24.8 Å². The van der Waals surface area contributed by atoms with Crippen molar-refractivity contribution in [3.63, 3.8) is 0 Å². The molecule has 3 N–H and O–H groups in total. The SMILES string of the molecule is O=C(CN1CCN(c2ccc(O)cc2)CC1)NNC(=O)c1cccc([N+](=O)[O-])c1. The van der Waals surface area contributed by atoms with E-state index >= 15 is 0 Å². The van der Waals surface area contributed by atoms with E-state index in [0.29, 0.717) is 13.1 Å². The van der Waals surface area contributed by atoms with Crippen LogP contribution in [0.2, 0.25) is 0 Å². The fourth-order valence-electron chi connectivity index (χ4n) is 3.03. The average molecular weight is 399 g/mol. The van der Waals surface area contributed by atoms with Crippen LogP contribution in [-0.4, -0.2) is 59.5 Å². The van der Waals surface area contributed by atoms with Crippen LogP contribution in [0.25, 0.3) is 0 Å². The highest BCUT2D eigenvalue weighted by Crippen LogP contribution is 2.19. The van der Waals surface area contributed by atoms with Crippen molar-refractivity contribution in [1.29, 1.82) is 0 Å². The van der Waals surface area contributed by atoms with Gasteiger partial charge in [-0.15, -0.1) is 0 Å². The molecule has 0 atom stereocenters. The number of carbonyl (C=O) groups excluding carboxylic acids is 2. The number of hydrogen-bond donors (Lipinski definition) is 3. The molecule has 1 heterocycles. The summed E-state index contributed by atoms with van der Waals surface area (Å²) in [6.45, 7) is 2.94. The lowest BCUT2D eigenvalue weighted by Gasteiger charge is -2.35. The van der Waals surface area contributed by atoms with Gasteiger partial charge in [0, 0.05) is 49.6 Å². The fraction of sp³-hybridized carbons (Fsp3) is 0.263. The predicted octanol–water partition coefficient (Wildman–Crippen LogP) is 0.884. The Morgan fingerprint density at radius 3 is 2.38 bits per heavy atom. The van der Waals surface area contributed by atoms with Crippen molar-refractivity contribution in [2.24, 2.45) is 0 Å². The summed E-state index contributed by atoms with van der Waals surface area (Å²) >= 11 is 0. The maximum absolute atomic E-state index is 12.1. The summed E-state index contributed by atoms with van der Waals surface area (Å²) in [4.78, 5) is 38.5. The largest absolute Gasteiger partial charge is 0.508 e. The van der Waals surface area contributed by atoms with Crippen LogP contribution in [-0.2, 0) is 4.79 Å². The van der Waals surface area contributed by atoms with Gasteiger partial charge in [0.05, 0.1) is 11.5 Å². The number of nitrogens with one attached hydrogen (secondary N) is 2. The third-order valence-electron chi connectivity index (χ3n) is 4.59. The summed E-state index contributed by atoms with van der Waals surface area (Å²) in [7, 11) is 0. The second-order valence-electron chi connectivity index (χ2n) is 6.59. The number of phenols is 1. The molecule has 2 amide bonds. The molecule has 0 spiro atoms. The van der Waals surface area contributed by atoms with E-state index in [0.717, 1.165) is 24.8 Å². The summed E-state index contributed by atoms with van der Waals surface area (Å²) in [5.74, 6) is -0.780. The molecule has 10 nitrogen and oxygen atoms in total. The fourth-order valence-corrected chi connectivity index (χ4v) is 3.03. The van der Waals surface area contributed by atoms with Gasteiger partial charge in [0.2, 0.25) is 0 Å². The van der Waals surface area contributed by atoms with E-state index in [1.54, 1.807) is 12.1 Å². The number of anilines is 1. The molecule has 3 rings (SSSR count). The van der Waals surface area contributed by atoms with Crippen molar-refractivity contribution in [1.82, 2.24) is 15.8 Å². The Balaban J connectivity index is 1.43. The molecule has 0 aliphatic carbocycles. The van der Waals surface area contributed by atoms with E-state index in [-0.39, 0.29) is 29.5 Å². The third-order valence-corrected chi connectivity index (χ3v) is 4.59. The van der Waals surface area contributed by atoms with E-state index in [1.165, 1.54) is 18.2 Å². The molecular formula is C19H21N5O5. The van der Waals surface area contributed by atoms with Crippen molar-refractivity contribution in [3.05, 3.63) is 64.2 Å². The van der Waals surface area contributed by atoms with Crippen molar-refractivity contribution < 1.29 is 19.6 Å². The lowest BCUT2D eigenvalue weighted by atomic mass is 10.2. The number of rotatable bonds is 5. The summed E-state index contributed by atoms with van der Waals surface area (Å²) in [5, 5.41) is 20.1. The van der Waals surface area contributed by atoms with E-state index in [4.69, 9.17) is 0 Å². The van der Waals surface area contributed by atoms with Crippen LogP contribution >= 0.6 is 0 Å². The molecule has 0 saturated carbocycles. The van der Waals surface area contributed by atoms with Crippen LogP contribution in [0.4, 0.5) is 11.4 Å². The first-order valence-corrected chi connectivity index (χ1v) is 9.02. The standard InChI is InChI=1S/C19H21N5O5/c25-17-6-4-15(5-7-17)23-10-8-22(9-11-23)13-18(26)20-21-19(27)14-2-1-3-16(12-14)24(28)29/h1-7,12,25H,8-11,13H2,(H,20,26)(H,21,27). The molecule has 1 fully saturated rings. The predicted molar refractivity (Wildman–Crippen MR) is 105 cm³/mol. The second kappa shape index (κ2) is 9.02. The Labute approximate surface area is 166 Å². The molecule has 1 saturated heterocycles. The number of benzene rings is 2. The Morgan fingerprint density at radius 1 is 1.03 bits per heavy atom. The van der Waals surface area contributed by atoms with Gasteiger partial charge in [-0.3, -0.25) is 35.5 Å². The number of nitro groups is 1. The van der Waals surface area contributed by atoms with Crippen LogP contribution < -0.4 is 15.8 Å². The van der Waals surface area contributed by atoms with E-state index in [2.05, 4.69) is 15.8 Å². The maximum Gasteiger partial charge on any atom is 0.270 e. The first kappa shape index (κ1) is 20.1. The lowest BCUT2D eigenvalue weighted by Crippen LogP contribution is -2.52. The quantitative estimate of drug-likeness (QED) is 0.503. The molecule has 2 aromatic carbocycles. The Hall–Kier alpha value is -3.66. The van der Waals surface area contributed by atoms with Gasteiger partial charge in [-0.2, -0.15) is 0 Å². The van der Waals surface area contributed by atoms with Gasteiger partial charge in [0.1, 0.15) is 5.75 Å². The van der Waals surface area contributed by atoms with Crippen molar-refractivity contribution in [2.75, 3.05) is 37.6 Å². The molecule has 1 aliphatic rings. The van der Waals surface area contributed by atoms with Crippen LogP contribution in [0.1, 0.15) is 10.4 Å². The molecule has 0 bridgehead atoms. The summed E-state index contributed by atoms with van der Waals surface area (Å²) in [6.07, 6.45) is 0. The molecular weight excluding hydrogens is 378 g/mol. The second-order valence-corrected chi connectivity index (χ2v) is 6.59.